The normalized spacial score (nSPS) is 22.7. The SMILES string of the molecule is O=C(NC1(c2ccccc2)CC1)c1nn(-c2ccc(F)cc2F)c2c1C1CCC2C1. The molecule has 1 heterocycles. The van der Waals surface area contributed by atoms with Gasteiger partial charge in [-0.1, -0.05) is 30.3 Å². The molecule has 1 N–H and O–H groups in total. The highest BCUT2D eigenvalue weighted by molar-refractivity contribution is 5.95. The molecule has 2 atom stereocenters. The molecule has 3 aliphatic carbocycles. The van der Waals surface area contributed by atoms with Gasteiger partial charge in [-0.2, -0.15) is 5.10 Å². The maximum absolute atomic E-state index is 14.6. The molecule has 2 bridgehead atoms. The van der Waals surface area contributed by atoms with Crippen LogP contribution in [0.4, 0.5) is 8.78 Å². The topological polar surface area (TPSA) is 46.9 Å². The largest absolute Gasteiger partial charge is 0.341 e. The minimum Gasteiger partial charge on any atom is -0.341 e. The van der Waals surface area contributed by atoms with Crippen LogP contribution in [0.2, 0.25) is 0 Å². The Bertz CT molecular complexity index is 1170. The minimum atomic E-state index is -0.669. The van der Waals surface area contributed by atoms with E-state index in [1.165, 1.54) is 12.1 Å². The zero-order valence-electron chi connectivity index (χ0n) is 16.4. The van der Waals surface area contributed by atoms with Gasteiger partial charge in [0.1, 0.15) is 11.5 Å². The molecule has 152 valence electrons. The van der Waals surface area contributed by atoms with Gasteiger partial charge < -0.3 is 5.32 Å². The van der Waals surface area contributed by atoms with Crippen molar-refractivity contribution in [1.82, 2.24) is 15.1 Å². The molecule has 6 heteroatoms. The van der Waals surface area contributed by atoms with E-state index in [9.17, 15) is 13.6 Å². The average Bonchev–Trinajstić information content (AvgIpc) is 3.09. The Labute approximate surface area is 172 Å². The zero-order valence-corrected chi connectivity index (χ0v) is 16.4. The van der Waals surface area contributed by atoms with E-state index in [-0.39, 0.29) is 29.0 Å². The van der Waals surface area contributed by atoms with Crippen molar-refractivity contribution < 1.29 is 13.6 Å². The molecule has 30 heavy (non-hydrogen) atoms. The lowest BCUT2D eigenvalue weighted by Gasteiger charge is -2.18. The first-order chi connectivity index (χ1) is 14.6. The van der Waals surface area contributed by atoms with Gasteiger partial charge in [-0.05, 0) is 55.7 Å². The molecule has 0 saturated heterocycles. The van der Waals surface area contributed by atoms with Crippen LogP contribution in [0.15, 0.2) is 48.5 Å². The van der Waals surface area contributed by atoms with Crippen molar-refractivity contribution in [2.75, 3.05) is 0 Å². The van der Waals surface area contributed by atoms with Gasteiger partial charge in [-0.15, -0.1) is 0 Å². The number of fused-ring (bicyclic) bond motifs is 5. The Balaban J connectivity index is 1.42. The van der Waals surface area contributed by atoms with Crippen molar-refractivity contribution in [3.05, 3.63) is 82.7 Å². The fourth-order valence-electron chi connectivity index (χ4n) is 5.38. The summed E-state index contributed by atoms with van der Waals surface area (Å²) < 4.78 is 29.5. The quantitative estimate of drug-likeness (QED) is 0.669. The van der Waals surface area contributed by atoms with Crippen LogP contribution < -0.4 is 5.32 Å². The number of amides is 1. The molecule has 1 aromatic heterocycles. The molecule has 0 spiro atoms. The van der Waals surface area contributed by atoms with Gasteiger partial charge in [0, 0.05) is 17.5 Å². The summed E-state index contributed by atoms with van der Waals surface area (Å²) in [5.74, 6) is -0.945. The molecule has 4 nitrogen and oxygen atoms in total. The van der Waals surface area contributed by atoms with Crippen molar-refractivity contribution in [2.45, 2.75) is 49.5 Å². The Morgan fingerprint density at radius 2 is 1.83 bits per heavy atom. The first kappa shape index (κ1) is 17.8. The highest BCUT2D eigenvalue weighted by Gasteiger charge is 2.48. The third-order valence-electron chi connectivity index (χ3n) is 6.97. The minimum absolute atomic E-state index is 0.198. The molecule has 2 unspecified atom stereocenters. The van der Waals surface area contributed by atoms with Crippen LogP contribution in [0.3, 0.4) is 0 Å². The maximum Gasteiger partial charge on any atom is 0.272 e. The van der Waals surface area contributed by atoms with Gasteiger partial charge in [-0.3, -0.25) is 4.79 Å². The second-order valence-electron chi connectivity index (χ2n) is 8.76. The number of hydrogen-bond donors (Lipinski definition) is 1. The van der Waals surface area contributed by atoms with E-state index >= 15 is 0 Å². The highest BCUT2D eigenvalue weighted by atomic mass is 19.1. The summed E-state index contributed by atoms with van der Waals surface area (Å²) in [6.45, 7) is 0. The molecule has 3 aromatic rings. The smallest absolute Gasteiger partial charge is 0.272 e. The predicted octanol–water partition coefficient (Wildman–Crippen LogP) is 4.93. The number of nitrogens with one attached hydrogen (secondary N) is 1. The molecule has 2 fully saturated rings. The van der Waals surface area contributed by atoms with Crippen molar-refractivity contribution in [3.8, 4) is 5.69 Å². The summed E-state index contributed by atoms with van der Waals surface area (Å²) in [4.78, 5) is 13.4. The van der Waals surface area contributed by atoms with E-state index in [4.69, 9.17) is 0 Å². The molecule has 0 aliphatic heterocycles. The summed E-state index contributed by atoms with van der Waals surface area (Å²) in [6.07, 6.45) is 4.80. The molecule has 0 radical (unpaired) electrons. The molecular weight excluding hydrogens is 384 g/mol. The number of benzene rings is 2. The third-order valence-corrected chi connectivity index (χ3v) is 6.97. The lowest BCUT2D eigenvalue weighted by molar-refractivity contribution is 0.0924. The molecule has 6 rings (SSSR count). The number of halogens is 2. The first-order valence-electron chi connectivity index (χ1n) is 10.5. The standard InChI is InChI=1S/C24H21F2N3O/c25-17-8-9-19(18(26)13-17)29-22-15-7-6-14(12-15)20(22)21(28-29)23(30)27-24(10-11-24)16-4-2-1-3-5-16/h1-5,8-9,13-15H,6-7,10-12H2,(H,27,30). The second kappa shape index (κ2) is 6.24. The zero-order chi connectivity index (χ0) is 20.5. The van der Waals surface area contributed by atoms with E-state index in [0.29, 0.717) is 5.69 Å². The average molecular weight is 405 g/mol. The van der Waals surface area contributed by atoms with Crippen molar-refractivity contribution >= 4 is 5.91 Å². The van der Waals surface area contributed by atoms with Crippen LogP contribution in [0.25, 0.3) is 5.69 Å². The molecule has 2 saturated carbocycles. The van der Waals surface area contributed by atoms with Crippen molar-refractivity contribution in [3.63, 3.8) is 0 Å². The second-order valence-corrected chi connectivity index (χ2v) is 8.76. The van der Waals surface area contributed by atoms with Gasteiger partial charge in [-0.25, -0.2) is 13.5 Å². The first-order valence-corrected chi connectivity index (χ1v) is 10.5. The lowest BCUT2D eigenvalue weighted by atomic mass is 9.94. The fraction of sp³-hybridized carbons (Fsp3) is 0.333. The number of rotatable bonds is 4. The van der Waals surface area contributed by atoms with Gasteiger partial charge in [0.2, 0.25) is 0 Å². The summed E-state index contributed by atoms with van der Waals surface area (Å²) >= 11 is 0. The Hall–Kier alpha value is -3.02. The summed E-state index contributed by atoms with van der Waals surface area (Å²) in [6, 6.07) is 13.5. The number of hydrogen-bond acceptors (Lipinski definition) is 2. The van der Waals surface area contributed by atoms with E-state index in [1.54, 1.807) is 4.68 Å². The highest BCUT2D eigenvalue weighted by Crippen LogP contribution is 2.55. The van der Waals surface area contributed by atoms with Gasteiger partial charge in [0.05, 0.1) is 11.2 Å². The van der Waals surface area contributed by atoms with Gasteiger partial charge in [0.15, 0.2) is 11.5 Å². The van der Waals surface area contributed by atoms with Crippen LogP contribution in [0, 0.1) is 11.6 Å². The number of carbonyl (C=O) groups is 1. The van der Waals surface area contributed by atoms with Crippen LogP contribution in [-0.4, -0.2) is 15.7 Å². The van der Waals surface area contributed by atoms with E-state index in [1.807, 2.05) is 30.3 Å². The van der Waals surface area contributed by atoms with Crippen LogP contribution in [0.1, 0.15) is 71.2 Å². The maximum atomic E-state index is 14.6. The van der Waals surface area contributed by atoms with E-state index < -0.39 is 11.6 Å². The Morgan fingerprint density at radius 1 is 1.07 bits per heavy atom. The molecule has 3 aliphatic rings. The van der Waals surface area contributed by atoms with Crippen molar-refractivity contribution in [2.24, 2.45) is 0 Å². The Morgan fingerprint density at radius 3 is 2.57 bits per heavy atom. The van der Waals surface area contributed by atoms with E-state index in [2.05, 4.69) is 10.4 Å². The Kier molecular flexibility index (Phi) is 3.70. The fourth-order valence-corrected chi connectivity index (χ4v) is 5.38. The number of nitrogens with zero attached hydrogens (tertiary/aromatic N) is 2. The number of aromatic nitrogens is 2. The van der Waals surface area contributed by atoms with Crippen LogP contribution in [-0.2, 0) is 5.54 Å². The van der Waals surface area contributed by atoms with Crippen LogP contribution >= 0.6 is 0 Å². The van der Waals surface area contributed by atoms with Gasteiger partial charge >= 0.3 is 0 Å². The van der Waals surface area contributed by atoms with E-state index in [0.717, 1.165) is 55.0 Å². The molecular formula is C24H21F2N3O. The summed E-state index contributed by atoms with van der Waals surface area (Å²) in [5, 5.41) is 7.79. The monoisotopic (exact) mass is 405 g/mol. The lowest BCUT2D eigenvalue weighted by Crippen LogP contribution is -2.35. The molecule has 2 aromatic carbocycles. The van der Waals surface area contributed by atoms with Crippen LogP contribution in [0.5, 0.6) is 0 Å². The predicted molar refractivity (Wildman–Crippen MR) is 108 cm³/mol. The molecule has 1 amide bonds. The summed E-state index contributed by atoms with van der Waals surface area (Å²) in [7, 11) is 0. The van der Waals surface area contributed by atoms with Crippen molar-refractivity contribution in [1.29, 1.82) is 0 Å². The third kappa shape index (κ3) is 2.56. The summed E-state index contributed by atoms with van der Waals surface area (Å²) in [5.41, 5.74) is 3.23. The van der Waals surface area contributed by atoms with Gasteiger partial charge in [0.25, 0.3) is 5.91 Å². The number of carbonyl (C=O) groups excluding carboxylic acids is 1.